The fraction of sp³-hybridized carbons (Fsp3) is 0.294. The first-order chi connectivity index (χ1) is 20.5. The minimum Gasteiger partial charge on any atom is -0.460 e. The van der Waals surface area contributed by atoms with Crippen LogP contribution in [0.25, 0.3) is 0 Å². The van der Waals surface area contributed by atoms with Crippen molar-refractivity contribution in [3.05, 3.63) is 119 Å². The van der Waals surface area contributed by atoms with E-state index in [1.165, 1.54) is 11.3 Å². The Kier molecular flexibility index (Phi) is 9.98. The molecule has 0 saturated carbocycles. The minimum atomic E-state index is -0.826. The third-order valence-electron chi connectivity index (χ3n) is 6.64. The minimum absolute atomic E-state index is 0.103. The predicted molar refractivity (Wildman–Crippen MR) is 168 cm³/mol. The lowest BCUT2D eigenvalue weighted by Crippen LogP contribution is -2.38. The van der Waals surface area contributed by atoms with Gasteiger partial charge in [0.2, 0.25) is 6.54 Å². The van der Waals surface area contributed by atoms with Gasteiger partial charge >= 0.3 is 17.7 Å². The second-order valence-electron chi connectivity index (χ2n) is 11.1. The first-order valence-electron chi connectivity index (χ1n) is 14.2. The van der Waals surface area contributed by atoms with Gasteiger partial charge in [0.25, 0.3) is 0 Å². The summed E-state index contributed by atoms with van der Waals surface area (Å²) in [6, 6.07) is 30.2. The average Bonchev–Trinajstić information content (AvgIpc) is 3.44. The molecule has 0 radical (unpaired) electrons. The summed E-state index contributed by atoms with van der Waals surface area (Å²) in [6.07, 6.45) is 0. The van der Waals surface area contributed by atoms with Crippen molar-refractivity contribution in [2.75, 3.05) is 18.5 Å². The Bertz CT molecular complexity index is 1450. The van der Waals surface area contributed by atoms with E-state index in [9.17, 15) is 14.8 Å². The normalized spacial score (nSPS) is 13.0. The van der Waals surface area contributed by atoms with Gasteiger partial charge in [0, 0.05) is 5.38 Å². The van der Waals surface area contributed by atoms with Crippen molar-refractivity contribution in [2.45, 2.75) is 45.8 Å². The number of thiazole rings is 1. The van der Waals surface area contributed by atoms with Crippen molar-refractivity contribution >= 4 is 34.1 Å². The fourth-order valence-electron chi connectivity index (χ4n) is 4.75. The third kappa shape index (κ3) is 7.48. The Balaban J connectivity index is 1.79. The van der Waals surface area contributed by atoms with Crippen LogP contribution in [0.15, 0.2) is 96.4 Å². The highest BCUT2D eigenvalue weighted by Gasteiger charge is 2.39. The number of carbonyl (C=O) groups is 2. The van der Waals surface area contributed by atoms with Crippen LogP contribution in [0.4, 0.5) is 5.13 Å². The maximum atomic E-state index is 13.1. The predicted octanol–water partition coefficient (Wildman–Crippen LogP) is 6.28. The molecule has 0 amide bonds. The van der Waals surface area contributed by atoms with Gasteiger partial charge < -0.3 is 14.8 Å². The smallest absolute Gasteiger partial charge is 0.410 e. The molecule has 8 nitrogen and oxygen atoms in total. The summed E-state index contributed by atoms with van der Waals surface area (Å²) in [7, 11) is 0. The van der Waals surface area contributed by atoms with Gasteiger partial charge in [0.1, 0.15) is 17.1 Å². The number of aromatic nitrogens is 1. The number of esters is 2. The van der Waals surface area contributed by atoms with Crippen LogP contribution >= 0.6 is 11.3 Å². The van der Waals surface area contributed by atoms with Crippen molar-refractivity contribution in [3.63, 3.8) is 0 Å². The van der Waals surface area contributed by atoms with Gasteiger partial charge in [-0.1, -0.05) is 91.0 Å². The average molecular weight is 601 g/mol. The highest BCUT2D eigenvalue weighted by atomic mass is 32.1. The number of benzene rings is 3. The number of nitrogens with one attached hydrogen (secondary N) is 1. The largest absolute Gasteiger partial charge is 0.460 e. The second-order valence-corrected chi connectivity index (χ2v) is 12.0. The molecule has 1 unspecified atom stereocenters. The van der Waals surface area contributed by atoms with Crippen molar-refractivity contribution in [2.24, 2.45) is 5.92 Å². The van der Waals surface area contributed by atoms with E-state index < -0.39 is 29.0 Å². The Hall–Kier alpha value is -4.50. The van der Waals surface area contributed by atoms with Gasteiger partial charge in [-0.3, -0.25) is 10.0 Å². The summed E-state index contributed by atoms with van der Waals surface area (Å²) in [5.41, 5.74) is 1.53. The number of hydrogen-bond acceptors (Lipinski definition) is 8. The first kappa shape index (κ1) is 31.4. The van der Waals surface area contributed by atoms with E-state index in [1.807, 2.05) is 54.6 Å². The van der Waals surface area contributed by atoms with Crippen LogP contribution in [0.2, 0.25) is 0 Å². The molecule has 0 aliphatic heterocycles. The summed E-state index contributed by atoms with van der Waals surface area (Å²) in [6.45, 7) is 8.54. The van der Waals surface area contributed by atoms with Gasteiger partial charge in [-0.2, -0.15) is 0 Å². The number of carbonyl (C=O) groups excluding carboxylic acids is 2. The molecule has 224 valence electrons. The van der Waals surface area contributed by atoms with Crippen molar-refractivity contribution < 1.29 is 29.0 Å². The quantitative estimate of drug-likeness (QED) is 0.0522. The molecule has 0 aliphatic rings. The highest BCUT2D eigenvalue weighted by Crippen LogP contribution is 2.40. The van der Waals surface area contributed by atoms with Crippen LogP contribution in [0.3, 0.4) is 0 Å². The molecule has 3 aromatic carbocycles. The lowest BCUT2D eigenvalue weighted by atomic mass is 9.77. The lowest BCUT2D eigenvalue weighted by Gasteiger charge is -2.36. The zero-order valence-electron chi connectivity index (χ0n) is 25.1. The topological polar surface area (TPSA) is 101 Å². The monoisotopic (exact) mass is 600 g/mol. The van der Waals surface area contributed by atoms with Gasteiger partial charge in [0.05, 0.1) is 6.61 Å². The molecule has 0 saturated heterocycles. The molecule has 0 aliphatic carbocycles. The maximum Gasteiger partial charge on any atom is 0.410 e. The van der Waals surface area contributed by atoms with Crippen LogP contribution in [-0.2, 0) is 24.6 Å². The Morgan fingerprint density at radius 3 is 1.84 bits per heavy atom. The van der Waals surface area contributed by atoms with Crippen LogP contribution in [0.1, 0.15) is 57.0 Å². The molecule has 2 N–H and O–H groups in total. The number of nitrogens with zero attached hydrogens (tertiary/aromatic N) is 2. The number of hydrogen-bond donors (Lipinski definition) is 2. The van der Waals surface area contributed by atoms with E-state index in [2.05, 4.69) is 41.7 Å². The number of hydroxylamine groups is 1. The third-order valence-corrected chi connectivity index (χ3v) is 7.40. The fourth-order valence-corrected chi connectivity index (χ4v) is 5.50. The summed E-state index contributed by atoms with van der Waals surface area (Å²) < 4.78 is 11.5. The van der Waals surface area contributed by atoms with Gasteiger partial charge in [0.15, 0.2) is 10.8 Å². The molecule has 43 heavy (non-hydrogen) atoms. The molecule has 0 fully saturated rings. The molecule has 1 atom stereocenters. The van der Waals surface area contributed by atoms with E-state index in [4.69, 9.17) is 14.5 Å². The second kappa shape index (κ2) is 13.6. The van der Waals surface area contributed by atoms with Crippen LogP contribution < -0.4 is 5.32 Å². The van der Waals surface area contributed by atoms with Crippen molar-refractivity contribution in [1.82, 2.24) is 4.98 Å². The van der Waals surface area contributed by atoms with Gasteiger partial charge in [-0.15, -0.1) is 11.3 Å². The molecular weight excluding hydrogens is 562 g/mol. The molecule has 9 heteroatoms. The summed E-state index contributed by atoms with van der Waals surface area (Å²) in [5, 5.41) is 17.0. The van der Waals surface area contributed by atoms with Crippen LogP contribution in [-0.4, -0.2) is 51.3 Å². The molecule has 1 aromatic heterocycles. The lowest BCUT2D eigenvalue weighted by molar-refractivity contribution is -0.775. The Labute approximate surface area is 256 Å². The Morgan fingerprint density at radius 1 is 0.907 bits per heavy atom. The number of anilines is 1. The van der Waals surface area contributed by atoms with Gasteiger partial charge in [-0.25, -0.2) is 9.78 Å². The molecule has 4 rings (SSSR count). The molecule has 0 bridgehead atoms. The molecule has 0 spiro atoms. The van der Waals surface area contributed by atoms with Crippen LogP contribution in [0.5, 0.6) is 0 Å². The standard InChI is InChI=1S/C34H38N3O5S/c1-6-41-31(39)29(37(40)22-24(2)30(38)42-33(3,4)5)28-23-43-32(35-28)36-34(25-16-10-7-11-17-25,26-18-12-8-13-19-26)27-20-14-9-15-21-27/h7-21,23-24,40H,6,22H2,1-5H3,(H,35,36)/q+1/b37-29-. The van der Waals surface area contributed by atoms with Gasteiger partial charge in [-0.05, 0) is 56.0 Å². The zero-order chi connectivity index (χ0) is 31.0. The zero-order valence-corrected chi connectivity index (χ0v) is 25.9. The maximum absolute atomic E-state index is 13.1. The highest BCUT2D eigenvalue weighted by molar-refractivity contribution is 7.14. The first-order valence-corrected chi connectivity index (χ1v) is 15.1. The SMILES string of the molecule is CCOC(=O)/C(c1csc(NC(c2ccccc2)(c2ccccc2)c2ccccc2)n1)=[N+](\O)CC(C)C(=O)OC(C)(C)C. The van der Waals surface area contributed by atoms with E-state index in [0.29, 0.717) is 5.13 Å². The molecule has 1 heterocycles. The van der Waals surface area contributed by atoms with E-state index in [-0.39, 0.29) is 24.6 Å². The van der Waals surface area contributed by atoms with E-state index in [0.717, 1.165) is 21.4 Å². The number of ether oxygens (including phenoxy) is 2. The molecular formula is C34H38N3O5S+. The summed E-state index contributed by atoms with van der Waals surface area (Å²) in [5.74, 6) is -1.97. The van der Waals surface area contributed by atoms with E-state index in [1.54, 1.807) is 40.0 Å². The van der Waals surface area contributed by atoms with Crippen LogP contribution in [0, 0.1) is 5.92 Å². The summed E-state index contributed by atoms with van der Waals surface area (Å²) >= 11 is 1.29. The summed E-state index contributed by atoms with van der Waals surface area (Å²) in [4.78, 5) is 30.5. The Morgan fingerprint density at radius 2 is 1.40 bits per heavy atom. The molecule has 4 aromatic rings. The van der Waals surface area contributed by atoms with E-state index >= 15 is 0 Å². The van der Waals surface area contributed by atoms with Crippen molar-refractivity contribution in [1.29, 1.82) is 0 Å². The van der Waals surface area contributed by atoms with Crippen molar-refractivity contribution in [3.8, 4) is 0 Å². The number of rotatable bonds is 11.